The fourth-order valence-corrected chi connectivity index (χ4v) is 3.00. The third kappa shape index (κ3) is 4.48. The number of hydrogen-bond acceptors (Lipinski definition) is 8. The van der Waals surface area contributed by atoms with Gasteiger partial charge in [0.25, 0.3) is 11.7 Å². The third-order valence-electron chi connectivity index (χ3n) is 4.43. The minimum absolute atomic E-state index is 0.0602. The van der Waals surface area contributed by atoms with Crippen molar-refractivity contribution in [3.63, 3.8) is 0 Å². The predicted molar refractivity (Wildman–Crippen MR) is 107 cm³/mol. The number of amides is 1. The number of rotatable bonds is 7. The maximum Gasteiger partial charge on any atom is 0.325 e. The molecule has 1 aromatic carbocycles. The molecule has 0 bridgehead atoms. The molecule has 0 atom stereocenters. The Morgan fingerprint density at radius 1 is 1.00 bits per heavy atom. The number of carbonyl (C=O) groups excluding carboxylic acids is 2. The Hall–Kier alpha value is -3.69. The molecule has 3 rings (SSSR count). The normalized spacial score (nSPS) is 10.7. The van der Waals surface area contributed by atoms with Gasteiger partial charge in [0, 0.05) is 24.0 Å². The molecule has 2 heterocycles. The Morgan fingerprint density at radius 3 is 2.27 bits per heavy atom. The smallest absolute Gasteiger partial charge is 0.325 e. The van der Waals surface area contributed by atoms with Gasteiger partial charge in [0.1, 0.15) is 18.0 Å². The number of fused-ring (bicyclic) bond motifs is 1. The number of benzene rings is 1. The Kier molecular flexibility index (Phi) is 6.14. The summed E-state index contributed by atoms with van der Waals surface area (Å²) in [7, 11) is 4.33. The number of methoxy groups -OCH3 is 3. The van der Waals surface area contributed by atoms with Crippen molar-refractivity contribution in [1.29, 1.82) is 0 Å². The zero-order valence-electron chi connectivity index (χ0n) is 17.5. The van der Waals surface area contributed by atoms with E-state index in [1.54, 1.807) is 18.2 Å². The molecule has 0 aliphatic heterocycles. The second-order valence-corrected chi connectivity index (χ2v) is 6.64. The highest BCUT2D eigenvalue weighted by atomic mass is 16.5. The number of hydrogen-bond donors (Lipinski definition) is 0. The van der Waals surface area contributed by atoms with Crippen molar-refractivity contribution in [2.45, 2.75) is 20.4 Å². The number of aryl methyl sites for hydroxylation is 2. The van der Waals surface area contributed by atoms with E-state index in [1.807, 2.05) is 19.9 Å². The number of aromatic nitrogens is 4. The lowest BCUT2D eigenvalue weighted by Gasteiger charge is -2.20. The largest absolute Gasteiger partial charge is 0.497 e. The molecule has 3 aromatic rings. The van der Waals surface area contributed by atoms with Crippen LogP contribution >= 0.6 is 0 Å². The molecular formula is C20H23N5O5. The van der Waals surface area contributed by atoms with Gasteiger partial charge in [-0.1, -0.05) is 0 Å². The molecule has 1 amide bonds. The fourth-order valence-electron chi connectivity index (χ4n) is 3.00. The molecule has 0 unspecified atom stereocenters. The van der Waals surface area contributed by atoms with Crippen molar-refractivity contribution < 1.29 is 23.8 Å². The standard InChI is InChI=1S/C20H23N5O5/c1-12-6-13(2)25-20(21-12)22-18(23-25)19(27)24(11-17(26)30-5)10-14-7-15(28-3)9-16(8-14)29-4/h6-9H,10-11H2,1-5H3. The van der Waals surface area contributed by atoms with Crippen LogP contribution in [-0.2, 0) is 16.1 Å². The summed E-state index contributed by atoms with van der Waals surface area (Å²) in [6.07, 6.45) is 0. The Bertz CT molecular complexity index is 1070. The first-order chi connectivity index (χ1) is 14.3. The summed E-state index contributed by atoms with van der Waals surface area (Å²) in [6, 6.07) is 7.07. The molecule has 30 heavy (non-hydrogen) atoms. The number of ether oxygens (including phenoxy) is 3. The molecule has 0 radical (unpaired) electrons. The molecule has 0 N–H and O–H groups in total. The summed E-state index contributed by atoms with van der Waals surface area (Å²) in [5.41, 5.74) is 2.26. The lowest BCUT2D eigenvalue weighted by molar-refractivity contribution is -0.141. The van der Waals surface area contributed by atoms with E-state index in [1.165, 1.54) is 30.7 Å². The topological polar surface area (TPSA) is 108 Å². The molecular weight excluding hydrogens is 390 g/mol. The van der Waals surface area contributed by atoms with E-state index in [9.17, 15) is 9.59 Å². The molecule has 158 valence electrons. The van der Waals surface area contributed by atoms with Crippen molar-refractivity contribution in [1.82, 2.24) is 24.5 Å². The number of nitrogens with zero attached hydrogens (tertiary/aromatic N) is 5. The Morgan fingerprint density at radius 2 is 1.67 bits per heavy atom. The van der Waals surface area contributed by atoms with Crippen LogP contribution in [-0.4, -0.2) is 64.2 Å². The monoisotopic (exact) mass is 413 g/mol. The first kappa shape index (κ1) is 21.0. The highest BCUT2D eigenvalue weighted by molar-refractivity contribution is 5.93. The van der Waals surface area contributed by atoms with E-state index >= 15 is 0 Å². The molecule has 2 aromatic heterocycles. The van der Waals surface area contributed by atoms with Crippen LogP contribution in [0.3, 0.4) is 0 Å². The van der Waals surface area contributed by atoms with E-state index in [2.05, 4.69) is 15.1 Å². The summed E-state index contributed by atoms with van der Waals surface area (Å²) in [5, 5.41) is 4.27. The van der Waals surface area contributed by atoms with E-state index in [0.29, 0.717) is 22.8 Å². The molecule has 10 heteroatoms. The molecule has 0 saturated heterocycles. The second-order valence-electron chi connectivity index (χ2n) is 6.64. The molecule has 0 aliphatic carbocycles. The van der Waals surface area contributed by atoms with E-state index < -0.39 is 11.9 Å². The highest BCUT2D eigenvalue weighted by Gasteiger charge is 2.24. The van der Waals surface area contributed by atoms with Crippen LogP contribution in [0.1, 0.15) is 27.6 Å². The van der Waals surface area contributed by atoms with Crippen LogP contribution in [0.2, 0.25) is 0 Å². The lowest BCUT2D eigenvalue weighted by atomic mass is 10.2. The molecule has 10 nitrogen and oxygen atoms in total. The minimum atomic E-state index is -0.563. The number of carbonyl (C=O) groups is 2. The average molecular weight is 413 g/mol. The average Bonchev–Trinajstić information content (AvgIpc) is 3.16. The Balaban J connectivity index is 1.96. The van der Waals surface area contributed by atoms with Gasteiger partial charge in [0.15, 0.2) is 0 Å². The predicted octanol–water partition coefficient (Wildman–Crippen LogP) is 1.57. The fraction of sp³-hybridized carbons (Fsp3) is 0.350. The van der Waals surface area contributed by atoms with Crippen LogP contribution in [0.4, 0.5) is 0 Å². The van der Waals surface area contributed by atoms with Crippen molar-refractivity contribution in [2.24, 2.45) is 0 Å². The summed E-state index contributed by atoms with van der Waals surface area (Å²) in [5.74, 6) is 0.302. The van der Waals surface area contributed by atoms with Gasteiger partial charge in [-0.3, -0.25) is 9.59 Å². The van der Waals surface area contributed by atoms with Crippen molar-refractivity contribution in [3.05, 3.63) is 47.0 Å². The van der Waals surface area contributed by atoms with Gasteiger partial charge in [-0.25, -0.2) is 9.50 Å². The summed E-state index contributed by atoms with van der Waals surface area (Å²) in [6.45, 7) is 3.51. The first-order valence-corrected chi connectivity index (χ1v) is 9.13. The van der Waals surface area contributed by atoms with E-state index in [0.717, 1.165) is 11.4 Å². The zero-order chi connectivity index (χ0) is 21.8. The quantitative estimate of drug-likeness (QED) is 0.537. The van der Waals surface area contributed by atoms with Gasteiger partial charge in [-0.15, -0.1) is 5.10 Å². The minimum Gasteiger partial charge on any atom is -0.497 e. The SMILES string of the molecule is COC(=O)CN(Cc1cc(OC)cc(OC)c1)C(=O)c1nc2nc(C)cc(C)n2n1. The van der Waals surface area contributed by atoms with Crippen LogP contribution in [0, 0.1) is 13.8 Å². The van der Waals surface area contributed by atoms with E-state index in [4.69, 9.17) is 14.2 Å². The van der Waals surface area contributed by atoms with Crippen LogP contribution in [0.15, 0.2) is 24.3 Å². The van der Waals surface area contributed by atoms with Gasteiger partial charge in [0.05, 0.1) is 21.3 Å². The third-order valence-corrected chi connectivity index (χ3v) is 4.43. The molecule has 0 saturated carbocycles. The summed E-state index contributed by atoms with van der Waals surface area (Å²) in [4.78, 5) is 35.0. The van der Waals surface area contributed by atoms with Crippen LogP contribution in [0.25, 0.3) is 5.78 Å². The Labute approximate surface area is 173 Å². The summed E-state index contributed by atoms with van der Waals surface area (Å²) < 4.78 is 16.8. The highest BCUT2D eigenvalue weighted by Crippen LogP contribution is 2.24. The maximum atomic E-state index is 13.2. The first-order valence-electron chi connectivity index (χ1n) is 9.13. The second kappa shape index (κ2) is 8.76. The van der Waals surface area contributed by atoms with Gasteiger partial charge < -0.3 is 19.1 Å². The van der Waals surface area contributed by atoms with Gasteiger partial charge in [-0.05, 0) is 37.6 Å². The van der Waals surface area contributed by atoms with Gasteiger partial charge in [-0.2, -0.15) is 4.98 Å². The van der Waals surface area contributed by atoms with E-state index in [-0.39, 0.29) is 18.9 Å². The van der Waals surface area contributed by atoms with Gasteiger partial charge in [0.2, 0.25) is 5.82 Å². The van der Waals surface area contributed by atoms with Crippen molar-refractivity contribution >= 4 is 17.7 Å². The lowest BCUT2D eigenvalue weighted by Crippen LogP contribution is -2.36. The van der Waals surface area contributed by atoms with Gasteiger partial charge >= 0.3 is 5.97 Å². The van der Waals surface area contributed by atoms with Crippen molar-refractivity contribution in [2.75, 3.05) is 27.9 Å². The molecule has 0 aliphatic rings. The zero-order valence-corrected chi connectivity index (χ0v) is 17.5. The van der Waals surface area contributed by atoms with Crippen molar-refractivity contribution in [3.8, 4) is 11.5 Å². The maximum absolute atomic E-state index is 13.2. The molecule has 0 fully saturated rings. The van der Waals surface area contributed by atoms with Crippen LogP contribution in [0.5, 0.6) is 11.5 Å². The summed E-state index contributed by atoms with van der Waals surface area (Å²) >= 11 is 0. The van der Waals surface area contributed by atoms with Crippen LogP contribution < -0.4 is 9.47 Å². The molecule has 0 spiro atoms. The number of esters is 1.